The number of hydrogen-bond donors (Lipinski definition) is 4. The summed E-state index contributed by atoms with van der Waals surface area (Å²) in [5, 5.41) is 29.3. The van der Waals surface area contributed by atoms with Gasteiger partial charge in [-0.05, 0) is 40.6 Å². The van der Waals surface area contributed by atoms with Crippen LogP contribution in [0.1, 0.15) is 0 Å². The van der Waals surface area contributed by atoms with Gasteiger partial charge in [0.2, 0.25) is 15.8 Å². The highest BCUT2D eigenvalue weighted by Crippen LogP contribution is 2.40. The molecule has 1 aliphatic heterocycles. The molecule has 1 saturated heterocycles. The number of sulfonamides is 1. The van der Waals surface area contributed by atoms with Crippen LogP contribution in [-0.2, 0) is 24.7 Å². The number of tetrazole rings is 1. The van der Waals surface area contributed by atoms with Crippen molar-refractivity contribution >= 4 is 36.7 Å². The fourth-order valence-corrected chi connectivity index (χ4v) is 6.89. The van der Waals surface area contributed by atoms with E-state index in [0.717, 1.165) is 10.9 Å². The third-order valence-corrected chi connectivity index (χ3v) is 8.91. The third-order valence-electron chi connectivity index (χ3n) is 5.62. The number of aliphatic carboxylic acids is 1. The predicted molar refractivity (Wildman–Crippen MR) is 129 cm³/mol. The Balaban J connectivity index is 0.000000448. The largest absolute Gasteiger partial charge is 0.490 e. The number of hydrogen-bond acceptors (Lipinski definition) is 10. The number of primary sulfonamides is 1. The molecule has 0 atom stereocenters. The molecule has 206 valence electrons. The molecule has 5 N–H and O–H groups in total. The van der Waals surface area contributed by atoms with Crippen LogP contribution < -0.4 is 10.5 Å². The van der Waals surface area contributed by atoms with Crippen LogP contribution in [0.15, 0.2) is 58.5 Å². The summed E-state index contributed by atoms with van der Waals surface area (Å²) in [6.07, 6.45) is -3.42. The Morgan fingerprint density at radius 2 is 1.77 bits per heavy atom. The number of fused-ring (bicyclic) bond motifs is 1. The normalized spacial score (nSPS) is 14.4. The summed E-state index contributed by atoms with van der Waals surface area (Å²) in [6, 6.07) is 11.8. The number of nitrogens with zero attached hydrogens (tertiary/aromatic N) is 4. The van der Waals surface area contributed by atoms with E-state index in [2.05, 4.69) is 30.9 Å². The van der Waals surface area contributed by atoms with Gasteiger partial charge in [-0.15, -0.1) is 10.2 Å². The maximum atomic E-state index is 13.2. The number of aromatic nitrogens is 5. The Morgan fingerprint density at radius 3 is 2.31 bits per heavy atom. The zero-order chi connectivity index (χ0) is 28.6. The summed E-state index contributed by atoms with van der Waals surface area (Å²) >= 11 is 0. The van der Waals surface area contributed by atoms with Gasteiger partial charge in [-0.3, -0.25) is 4.98 Å². The summed E-state index contributed by atoms with van der Waals surface area (Å²) in [4.78, 5) is 12.3. The Labute approximate surface area is 218 Å². The topological polar surface area (TPSA) is 211 Å². The molecule has 18 heteroatoms. The van der Waals surface area contributed by atoms with Gasteiger partial charge in [0.05, 0.1) is 21.2 Å². The third kappa shape index (κ3) is 5.72. The lowest BCUT2D eigenvalue weighted by atomic mass is 9.97. The van der Waals surface area contributed by atoms with E-state index in [-0.39, 0.29) is 29.4 Å². The van der Waals surface area contributed by atoms with Crippen LogP contribution in [0.3, 0.4) is 0 Å². The second kappa shape index (κ2) is 10.3. The van der Waals surface area contributed by atoms with Crippen LogP contribution in [0.2, 0.25) is 0 Å². The van der Waals surface area contributed by atoms with E-state index < -0.39 is 42.2 Å². The first kappa shape index (κ1) is 28.0. The molecular weight excluding hydrogens is 567 g/mol. The van der Waals surface area contributed by atoms with Gasteiger partial charge in [0.15, 0.2) is 9.84 Å². The van der Waals surface area contributed by atoms with E-state index in [9.17, 15) is 30.0 Å². The van der Waals surface area contributed by atoms with Crippen LogP contribution in [0.25, 0.3) is 33.4 Å². The van der Waals surface area contributed by atoms with Gasteiger partial charge in [0.25, 0.3) is 0 Å². The van der Waals surface area contributed by atoms with Crippen molar-refractivity contribution < 1.29 is 39.9 Å². The number of benzene rings is 2. The molecule has 0 amide bonds. The molecule has 0 bridgehead atoms. The zero-order valence-electron chi connectivity index (χ0n) is 19.4. The second-order valence-corrected chi connectivity index (χ2v) is 11.8. The zero-order valence-corrected chi connectivity index (χ0v) is 21.0. The predicted octanol–water partition coefficient (Wildman–Crippen LogP) is 1.11. The molecule has 13 nitrogen and oxygen atoms in total. The maximum Gasteiger partial charge on any atom is 0.490 e. The highest BCUT2D eigenvalue weighted by Gasteiger charge is 2.39. The number of carboxylic acids is 1. The summed E-state index contributed by atoms with van der Waals surface area (Å²) in [6.45, 7) is 0.451. The number of carbonyl (C=O) groups is 1. The number of pyridine rings is 1. The molecule has 4 aromatic rings. The molecule has 0 radical (unpaired) electrons. The van der Waals surface area contributed by atoms with Gasteiger partial charge in [-0.2, -0.15) is 18.4 Å². The standard InChI is InChI=1S/C19H17N7O4S2.C2HF3O2/c20-32(29,30)18-16(31(27,28)13-9-21-10-13)6-4-14(17(18)19-23-25-26-24-19)11-3-5-15-12(8-11)2-1-7-22-15;3-2(4,5)1(6)7/h1-8,13,21H,9-10H2,(H2,20,29,30)(H,23,24,25,26);(H,6,7). The molecule has 2 aromatic heterocycles. The Morgan fingerprint density at radius 1 is 1.08 bits per heavy atom. The first-order valence-electron chi connectivity index (χ1n) is 10.7. The minimum absolute atomic E-state index is 0.0298. The monoisotopic (exact) mass is 585 g/mol. The number of carboxylic acid groups (broad SMARTS) is 1. The molecule has 2 aromatic carbocycles. The molecule has 39 heavy (non-hydrogen) atoms. The summed E-state index contributed by atoms with van der Waals surface area (Å²) < 4.78 is 83.6. The Kier molecular flexibility index (Phi) is 7.39. The average molecular weight is 586 g/mol. The average Bonchev–Trinajstić information content (AvgIpc) is 3.35. The fraction of sp³-hybridized carbons (Fsp3) is 0.190. The van der Waals surface area contributed by atoms with E-state index in [1.165, 1.54) is 12.1 Å². The van der Waals surface area contributed by atoms with Crippen LogP contribution >= 0.6 is 0 Å². The van der Waals surface area contributed by atoms with Gasteiger partial charge in [0.1, 0.15) is 4.90 Å². The molecule has 5 rings (SSSR count). The summed E-state index contributed by atoms with van der Waals surface area (Å²) in [5.41, 5.74) is 1.73. The quantitative estimate of drug-likeness (QED) is 0.260. The van der Waals surface area contributed by atoms with Crippen molar-refractivity contribution in [2.45, 2.75) is 21.2 Å². The van der Waals surface area contributed by atoms with E-state index in [1.807, 2.05) is 12.1 Å². The van der Waals surface area contributed by atoms with Crippen molar-refractivity contribution in [3.05, 3.63) is 48.7 Å². The number of alkyl halides is 3. The lowest BCUT2D eigenvalue weighted by molar-refractivity contribution is -0.192. The van der Waals surface area contributed by atoms with Gasteiger partial charge in [0, 0.05) is 24.7 Å². The lowest BCUT2D eigenvalue weighted by Crippen LogP contribution is -2.51. The van der Waals surface area contributed by atoms with Crippen molar-refractivity contribution in [1.82, 2.24) is 30.9 Å². The van der Waals surface area contributed by atoms with Gasteiger partial charge < -0.3 is 10.4 Å². The molecule has 0 unspecified atom stereocenters. The molecule has 1 aliphatic rings. The SMILES string of the molecule is NS(=O)(=O)c1c(S(=O)(=O)C2CNC2)ccc(-c2ccc3ncccc3c2)c1-c1nn[nH]n1.O=C(O)C(F)(F)F. The first-order chi connectivity index (χ1) is 18.2. The van der Waals surface area contributed by atoms with Crippen molar-refractivity contribution in [3.63, 3.8) is 0 Å². The smallest absolute Gasteiger partial charge is 0.475 e. The van der Waals surface area contributed by atoms with Crippen molar-refractivity contribution in [3.8, 4) is 22.5 Å². The molecule has 3 heterocycles. The molecule has 0 spiro atoms. The number of H-pyrrole nitrogens is 1. The van der Waals surface area contributed by atoms with E-state index in [4.69, 9.17) is 15.0 Å². The molecule has 0 saturated carbocycles. The lowest BCUT2D eigenvalue weighted by Gasteiger charge is -2.28. The molecular formula is C21H18F3N7O6S2. The fourth-order valence-electron chi connectivity index (χ4n) is 3.70. The highest BCUT2D eigenvalue weighted by molar-refractivity contribution is 7.94. The van der Waals surface area contributed by atoms with Crippen molar-refractivity contribution in [1.29, 1.82) is 0 Å². The van der Waals surface area contributed by atoms with Crippen LogP contribution in [0.5, 0.6) is 0 Å². The molecule has 0 aliphatic carbocycles. The number of halogens is 3. The molecule has 1 fully saturated rings. The van der Waals surface area contributed by atoms with Gasteiger partial charge in [-0.1, -0.05) is 18.2 Å². The van der Waals surface area contributed by atoms with Gasteiger partial charge >= 0.3 is 12.1 Å². The van der Waals surface area contributed by atoms with E-state index >= 15 is 0 Å². The first-order valence-corrected chi connectivity index (χ1v) is 13.8. The number of sulfone groups is 1. The highest BCUT2D eigenvalue weighted by atomic mass is 32.2. The number of rotatable bonds is 5. The number of nitrogens with two attached hydrogens (primary N) is 1. The summed E-state index contributed by atoms with van der Waals surface area (Å²) in [7, 11) is -8.48. The van der Waals surface area contributed by atoms with Crippen LogP contribution in [0, 0.1) is 0 Å². The van der Waals surface area contributed by atoms with Gasteiger partial charge in [-0.25, -0.2) is 26.8 Å². The maximum absolute atomic E-state index is 13.2. The minimum atomic E-state index is -5.08. The number of aromatic amines is 1. The minimum Gasteiger partial charge on any atom is -0.475 e. The van der Waals surface area contributed by atoms with Crippen LogP contribution in [0.4, 0.5) is 13.2 Å². The van der Waals surface area contributed by atoms with E-state index in [0.29, 0.717) is 11.1 Å². The van der Waals surface area contributed by atoms with Crippen molar-refractivity contribution in [2.24, 2.45) is 5.14 Å². The van der Waals surface area contributed by atoms with Crippen LogP contribution in [-0.4, -0.2) is 78.0 Å². The summed E-state index contributed by atoms with van der Waals surface area (Å²) in [5.74, 6) is -2.84. The second-order valence-electron chi connectivity index (χ2n) is 8.13. The van der Waals surface area contributed by atoms with E-state index in [1.54, 1.807) is 24.4 Å². The Hall–Kier alpha value is -4.00. The number of nitrogens with one attached hydrogen (secondary N) is 2. The Bertz CT molecular complexity index is 1760. The van der Waals surface area contributed by atoms with Crippen molar-refractivity contribution in [2.75, 3.05) is 13.1 Å².